The highest BCUT2D eigenvalue weighted by atomic mass is 35.5. The van der Waals surface area contributed by atoms with Gasteiger partial charge >= 0.3 is 5.69 Å². The molecule has 0 saturated carbocycles. The predicted octanol–water partition coefficient (Wildman–Crippen LogP) is 1.97. The number of rotatable bonds is 6. The Hall–Kier alpha value is -1.40. The molecule has 0 saturated heterocycles. The van der Waals surface area contributed by atoms with Crippen LogP contribution in [0.5, 0.6) is 5.88 Å². The molecule has 94 valence electrons. The molecule has 0 N–H and O–H groups in total. The van der Waals surface area contributed by atoms with Crippen LogP contribution in [0.3, 0.4) is 0 Å². The molecule has 1 aromatic heterocycles. The molecule has 0 unspecified atom stereocenters. The van der Waals surface area contributed by atoms with E-state index in [0.717, 1.165) is 13.0 Å². The summed E-state index contributed by atoms with van der Waals surface area (Å²) in [4.78, 5) is 16.0. The van der Waals surface area contributed by atoms with Gasteiger partial charge in [-0.2, -0.15) is 4.98 Å². The molecule has 0 aromatic carbocycles. The minimum absolute atomic E-state index is 0.0266. The molecule has 0 amide bonds. The van der Waals surface area contributed by atoms with Crippen molar-refractivity contribution in [2.24, 2.45) is 0 Å². The van der Waals surface area contributed by atoms with Crippen LogP contribution in [0.2, 0.25) is 5.15 Å². The minimum atomic E-state index is -0.537. The van der Waals surface area contributed by atoms with Gasteiger partial charge in [0, 0.05) is 12.6 Å². The monoisotopic (exact) mass is 259 g/mol. The van der Waals surface area contributed by atoms with E-state index in [1.807, 2.05) is 19.0 Å². The Morgan fingerprint density at radius 2 is 2.24 bits per heavy atom. The van der Waals surface area contributed by atoms with Crippen LogP contribution in [-0.4, -0.2) is 42.1 Å². The van der Waals surface area contributed by atoms with Crippen molar-refractivity contribution < 1.29 is 9.66 Å². The molecule has 17 heavy (non-hydrogen) atoms. The van der Waals surface area contributed by atoms with Crippen LogP contribution in [0, 0.1) is 10.1 Å². The SMILES string of the molecule is CN(C)CCCOc1nc(Cl)ccc1[N+](=O)[O-]. The van der Waals surface area contributed by atoms with E-state index in [1.54, 1.807) is 0 Å². The first-order valence-corrected chi connectivity index (χ1v) is 5.47. The third kappa shape index (κ3) is 4.54. The molecule has 0 aliphatic heterocycles. The van der Waals surface area contributed by atoms with Crippen LogP contribution in [0.1, 0.15) is 6.42 Å². The van der Waals surface area contributed by atoms with Crippen LogP contribution >= 0.6 is 11.6 Å². The summed E-state index contributed by atoms with van der Waals surface area (Å²) in [5.41, 5.74) is -0.167. The van der Waals surface area contributed by atoms with Crippen LogP contribution in [-0.2, 0) is 0 Å². The Morgan fingerprint density at radius 3 is 2.82 bits per heavy atom. The second-order valence-electron chi connectivity index (χ2n) is 3.72. The lowest BCUT2D eigenvalue weighted by Gasteiger charge is -2.09. The van der Waals surface area contributed by atoms with E-state index < -0.39 is 4.92 Å². The fourth-order valence-corrected chi connectivity index (χ4v) is 1.35. The fraction of sp³-hybridized carbons (Fsp3) is 0.500. The molecule has 1 aromatic rings. The maximum atomic E-state index is 10.7. The lowest BCUT2D eigenvalue weighted by atomic mass is 10.4. The zero-order valence-electron chi connectivity index (χ0n) is 9.72. The molecule has 0 radical (unpaired) electrons. The average molecular weight is 260 g/mol. The number of ether oxygens (including phenoxy) is 1. The van der Waals surface area contributed by atoms with Gasteiger partial charge in [-0.3, -0.25) is 10.1 Å². The van der Waals surface area contributed by atoms with Gasteiger partial charge in [0.05, 0.1) is 11.5 Å². The summed E-state index contributed by atoms with van der Waals surface area (Å²) >= 11 is 5.66. The third-order valence-electron chi connectivity index (χ3n) is 1.99. The summed E-state index contributed by atoms with van der Waals surface area (Å²) in [6.07, 6.45) is 0.762. The lowest BCUT2D eigenvalue weighted by Crippen LogP contribution is -2.16. The molecule has 1 heterocycles. The Labute approximate surface area is 104 Å². The zero-order chi connectivity index (χ0) is 12.8. The van der Waals surface area contributed by atoms with Gasteiger partial charge < -0.3 is 9.64 Å². The molecule has 6 nitrogen and oxygen atoms in total. The number of hydrogen-bond donors (Lipinski definition) is 0. The number of nitrogens with zero attached hydrogens (tertiary/aromatic N) is 3. The summed E-state index contributed by atoms with van der Waals surface area (Å²) in [5.74, 6) is -0.0266. The first kappa shape index (κ1) is 13.7. The fourth-order valence-electron chi connectivity index (χ4n) is 1.21. The van der Waals surface area contributed by atoms with Gasteiger partial charge in [0.2, 0.25) is 0 Å². The lowest BCUT2D eigenvalue weighted by molar-refractivity contribution is -0.386. The van der Waals surface area contributed by atoms with E-state index in [2.05, 4.69) is 4.98 Å². The van der Waals surface area contributed by atoms with Crippen molar-refractivity contribution in [2.45, 2.75) is 6.42 Å². The van der Waals surface area contributed by atoms with Crippen LogP contribution < -0.4 is 4.74 Å². The highest BCUT2D eigenvalue weighted by molar-refractivity contribution is 6.29. The number of pyridine rings is 1. The van der Waals surface area contributed by atoms with Gasteiger partial charge in [0.1, 0.15) is 5.15 Å². The molecule has 0 atom stereocenters. The summed E-state index contributed by atoms with van der Waals surface area (Å²) < 4.78 is 5.27. The molecule has 0 fully saturated rings. The number of hydrogen-bond acceptors (Lipinski definition) is 5. The number of aromatic nitrogens is 1. The van der Waals surface area contributed by atoms with E-state index in [4.69, 9.17) is 16.3 Å². The molecular weight excluding hydrogens is 246 g/mol. The molecular formula is C10H14ClN3O3. The summed E-state index contributed by atoms with van der Waals surface area (Å²) in [5, 5.41) is 10.9. The summed E-state index contributed by atoms with van der Waals surface area (Å²) in [6.45, 7) is 1.21. The molecule has 0 bridgehead atoms. The van der Waals surface area contributed by atoms with Gasteiger partial charge in [-0.15, -0.1) is 0 Å². The van der Waals surface area contributed by atoms with E-state index in [9.17, 15) is 10.1 Å². The quantitative estimate of drug-likeness (QED) is 0.338. The van der Waals surface area contributed by atoms with E-state index in [-0.39, 0.29) is 16.7 Å². The van der Waals surface area contributed by atoms with Crippen LogP contribution in [0.4, 0.5) is 5.69 Å². The maximum Gasteiger partial charge on any atom is 0.331 e. The van der Waals surface area contributed by atoms with Crippen LogP contribution in [0.15, 0.2) is 12.1 Å². The van der Waals surface area contributed by atoms with Gasteiger partial charge in [-0.25, -0.2) is 0 Å². The van der Waals surface area contributed by atoms with Gasteiger partial charge in [-0.05, 0) is 26.6 Å². The van der Waals surface area contributed by atoms with E-state index in [1.165, 1.54) is 12.1 Å². The smallest absolute Gasteiger partial charge is 0.331 e. The zero-order valence-corrected chi connectivity index (χ0v) is 10.5. The molecule has 0 aliphatic carbocycles. The molecule has 1 rings (SSSR count). The van der Waals surface area contributed by atoms with Crippen molar-refractivity contribution in [1.82, 2.24) is 9.88 Å². The Kier molecular flexibility index (Phi) is 5.11. The standard InChI is InChI=1S/C10H14ClN3O3/c1-13(2)6-3-7-17-10-8(14(15)16)4-5-9(11)12-10/h4-5H,3,6-7H2,1-2H3. The van der Waals surface area contributed by atoms with Crippen molar-refractivity contribution in [3.8, 4) is 5.88 Å². The van der Waals surface area contributed by atoms with Crippen LogP contribution in [0.25, 0.3) is 0 Å². The second-order valence-corrected chi connectivity index (χ2v) is 4.11. The normalized spacial score (nSPS) is 10.6. The second kappa shape index (κ2) is 6.36. The Bertz CT molecular complexity index is 398. The number of nitro groups is 1. The molecule has 0 spiro atoms. The number of halogens is 1. The summed E-state index contributed by atoms with van der Waals surface area (Å²) in [7, 11) is 3.89. The Morgan fingerprint density at radius 1 is 1.53 bits per heavy atom. The molecule has 0 aliphatic rings. The van der Waals surface area contributed by atoms with Crippen molar-refractivity contribution in [3.05, 3.63) is 27.4 Å². The highest BCUT2D eigenvalue weighted by Crippen LogP contribution is 2.26. The van der Waals surface area contributed by atoms with Crippen molar-refractivity contribution in [1.29, 1.82) is 0 Å². The van der Waals surface area contributed by atoms with E-state index >= 15 is 0 Å². The largest absolute Gasteiger partial charge is 0.473 e. The third-order valence-corrected chi connectivity index (χ3v) is 2.20. The predicted molar refractivity (Wildman–Crippen MR) is 64.6 cm³/mol. The minimum Gasteiger partial charge on any atom is -0.473 e. The topological polar surface area (TPSA) is 68.5 Å². The van der Waals surface area contributed by atoms with Crippen molar-refractivity contribution >= 4 is 17.3 Å². The highest BCUT2D eigenvalue weighted by Gasteiger charge is 2.16. The summed E-state index contributed by atoms with van der Waals surface area (Å²) in [6, 6.07) is 2.66. The Balaban J connectivity index is 2.62. The first-order chi connectivity index (χ1) is 8.00. The maximum absolute atomic E-state index is 10.7. The molecule has 7 heteroatoms. The first-order valence-electron chi connectivity index (χ1n) is 5.09. The average Bonchev–Trinajstić information content (AvgIpc) is 2.23. The van der Waals surface area contributed by atoms with Crippen molar-refractivity contribution in [2.75, 3.05) is 27.2 Å². The van der Waals surface area contributed by atoms with Gasteiger partial charge in [-0.1, -0.05) is 11.6 Å². The van der Waals surface area contributed by atoms with E-state index in [0.29, 0.717) is 6.61 Å². The van der Waals surface area contributed by atoms with Crippen molar-refractivity contribution in [3.63, 3.8) is 0 Å². The van der Waals surface area contributed by atoms with Gasteiger partial charge in [0.25, 0.3) is 5.88 Å². The van der Waals surface area contributed by atoms with Gasteiger partial charge in [0.15, 0.2) is 0 Å².